The second kappa shape index (κ2) is 5.64. The number of rotatable bonds is 3. The van der Waals surface area contributed by atoms with Crippen LogP contribution in [0, 0.1) is 0 Å². The van der Waals surface area contributed by atoms with E-state index in [2.05, 4.69) is 23.7 Å². The summed E-state index contributed by atoms with van der Waals surface area (Å²) in [7, 11) is -3.63. The van der Waals surface area contributed by atoms with E-state index in [0.29, 0.717) is 5.25 Å². The zero-order chi connectivity index (χ0) is 15.0. The molecule has 3 N–H and O–H groups in total. The fourth-order valence-electron chi connectivity index (χ4n) is 2.43. The maximum absolute atomic E-state index is 11.3. The van der Waals surface area contributed by atoms with Crippen LogP contribution >= 0.6 is 23.1 Å². The SMILES string of the molecule is C[C@H]1CC(Nc2ccc(S(N)(=O)=O)cc2)c2ccsc2S1. The van der Waals surface area contributed by atoms with Gasteiger partial charge in [-0.1, -0.05) is 6.92 Å². The van der Waals surface area contributed by atoms with E-state index in [1.807, 2.05) is 11.8 Å². The quantitative estimate of drug-likeness (QED) is 0.898. The van der Waals surface area contributed by atoms with Crippen LogP contribution in [0.5, 0.6) is 0 Å². The number of hydrogen-bond donors (Lipinski definition) is 2. The van der Waals surface area contributed by atoms with E-state index >= 15 is 0 Å². The molecule has 0 saturated heterocycles. The molecule has 7 heteroatoms. The van der Waals surface area contributed by atoms with Gasteiger partial charge in [-0.15, -0.1) is 23.1 Å². The van der Waals surface area contributed by atoms with Crippen molar-refractivity contribution >= 4 is 38.8 Å². The summed E-state index contributed by atoms with van der Waals surface area (Å²) >= 11 is 3.70. The maximum atomic E-state index is 11.3. The maximum Gasteiger partial charge on any atom is 0.238 e. The Morgan fingerprint density at radius 3 is 2.62 bits per heavy atom. The first kappa shape index (κ1) is 14.9. The number of fused-ring (bicyclic) bond motifs is 1. The monoisotopic (exact) mass is 340 g/mol. The molecule has 0 aliphatic carbocycles. The molecule has 4 nitrogen and oxygen atoms in total. The molecule has 1 aliphatic rings. The topological polar surface area (TPSA) is 72.2 Å². The largest absolute Gasteiger partial charge is 0.378 e. The van der Waals surface area contributed by atoms with Crippen molar-refractivity contribution in [2.75, 3.05) is 5.32 Å². The second-order valence-electron chi connectivity index (χ2n) is 5.09. The van der Waals surface area contributed by atoms with Gasteiger partial charge in [0.1, 0.15) is 0 Å². The van der Waals surface area contributed by atoms with Crippen LogP contribution in [-0.4, -0.2) is 13.7 Å². The molecule has 0 radical (unpaired) electrons. The van der Waals surface area contributed by atoms with Gasteiger partial charge in [0.05, 0.1) is 15.1 Å². The summed E-state index contributed by atoms with van der Waals surface area (Å²) in [4.78, 5) is 0.136. The molecule has 0 bridgehead atoms. The lowest BCUT2D eigenvalue weighted by Crippen LogP contribution is -2.19. The van der Waals surface area contributed by atoms with Crippen LogP contribution in [0.15, 0.2) is 44.8 Å². The highest BCUT2D eigenvalue weighted by molar-refractivity contribution is 8.01. The molecule has 1 aromatic carbocycles. The summed E-state index contributed by atoms with van der Waals surface area (Å²) in [6.07, 6.45) is 1.05. The molecule has 0 amide bonds. The minimum Gasteiger partial charge on any atom is -0.378 e. The van der Waals surface area contributed by atoms with Crippen molar-refractivity contribution < 1.29 is 8.42 Å². The third-order valence-electron chi connectivity index (χ3n) is 3.43. The normalized spacial score (nSPS) is 21.8. The molecule has 1 unspecified atom stereocenters. The lowest BCUT2D eigenvalue weighted by molar-refractivity contribution is 0.598. The van der Waals surface area contributed by atoms with Crippen LogP contribution in [0.2, 0.25) is 0 Å². The van der Waals surface area contributed by atoms with Crippen molar-refractivity contribution in [2.24, 2.45) is 5.14 Å². The van der Waals surface area contributed by atoms with Crippen LogP contribution in [0.25, 0.3) is 0 Å². The van der Waals surface area contributed by atoms with Crippen molar-refractivity contribution in [1.29, 1.82) is 0 Å². The number of thiophene rings is 1. The van der Waals surface area contributed by atoms with Crippen molar-refractivity contribution in [1.82, 2.24) is 0 Å². The van der Waals surface area contributed by atoms with Crippen molar-refractivity contribution in [2.45, 2.75) is 33.7 Å². The lowest BCUT2D eigenvalue weighted by Gasteiger charge is -2.28. The molecule has 2 aromatic rings. The minimum atomic E-state index is -3.63. The molecule has 0 saturated carbocycles. The van der Waals surface area contributed by atoms with Gasteiger partial charge >= 0.3 is 0 Å². The van der Waals surface area contributed by atoms with Crippen LogP contribution in [0.3, 0.4) is 0 Å². The van der Waals surface area contributed by atoms with Crippen molar-refractivity contribution in [3.05, 3.63) is 41.3 Å². The molecule has 1 aromatic heterocycles. The Hall–Kier alpha value is -1.02. The Morgan fingerprint density at radius 1 is 1.24 bits per heavy atom. The molecular formula is C14H16N2O2S3. The van der Waals surface area contributed by atoms with Gasteiger partial charge in [-0.05, 0) is 47.7 Å². The van der Waals surface area contributed by atoms with Crippen molar-refractivity contribution in [3.63, 3.8) is 0 Å². The van der Waals surface area contributed by atoms with Gasteiger partial charge in [-0.25, -0.2) is 13.6 Å². The number of nitrogens with two attached hydrogens (primary N) is 1. The fourth-order valence-corrected chi connectivity index (χ4v) is 5.51. The highest BCUT2D eigenvalue weighted by Gasteiger charge is 2.26. The summed E-state index contributed by atoms with van der Waals surface area (Å²) in [6, 6.07) is 9.02. The van der Waals surface area contributed by atoms with Crippen LogP contribution in [-0.2, 0) is 10.0 Å². The standard InChI is InChI=1S/C14H16N2O2S3/c1-9-8-13(12-6-7-19-14(12)20-9)16-10-2-4-11(5-3-10)21(15,17)18/h2-7,9,13,16H,8H2,1H3,(H2,15,17,18)/t9-,13?/m0/s1. The van der Waals surface area contributed by atoms with Crippen LogP contribution in [0.1, 0.15) is 24.9 Å². The van der Waals surface area contributed by atoms with Gasteiger partial charge in [0.25, 0.3) is 0 Å². The Morgan fingerprint density at radius 2 is 1.95 bits per heavy atom. The van der Waals surface area contributed by atoms with E-state index in [1.54, 1.807) is 23.5 Å². The molecule has 3 rings (SSSR count). The number of primary sulfonamides is 1. The molecule has 0 spiro atoms. The molecular weight excluding hydrogens is 324 g/mol. The molecule has 21 heavy (non-hydrogen) atoms. The molecule has 2 heterocycles. The number of thioether (sulfide) groups is 1. The van der Waals surface area contributed by atoms with Gasteiger partial charge in [0, 0.05) is 10.9 Å². The molecule has 2 atom stereocenters. The first-order valence-electron chi connectivity index (χ1n) is 6.57. The minimum absolute atomic E-state index is 0.136. The smallest absolute Gasteiger partial charge is 0.238 e. The number of nitrogens with one attached hydrogen (secondary N) is 1. The summed E-state index contributed by atoms with van der Waals surface area (Å²) < 4.78 is 23.9. The van der Waals surface area contributed by atoms with E-state index in [0.717, 1.165) is 12.1 Å². The Balaban J connectivity index is 1.82. The number of sulfonamides is 1. The number of hydrogen-bond acceptors (Lipinski definition) is 5. The highest BCUT2D eigenvalue weighted by Crippen LogP contribution is 2.44. The second-order valence-corrected chi connectivity index (χ2v) is 9.28. The van der Waals surface area contributed by atoms with E-state index < -0.39 is 10.0 Å². The summed E-state index contributed by atoms with van der Waals surface area (Å²) in [5, 5.41) is 11.3. The summed E-state index contributed by atoms with van der Waals surface area (Å²) in [5.41, 5.74) is 2.24. The van der Waals surface area contributed by atoms with E-state index in [1.165, 1.54) is 21.9 Å². The first-order valence-corrected chi connectivity index (χ1v) is 9.87. The van der Waals surface area contributed by atoms with E-state index in [-0.39, 0.29) is 10.9 Å². The average molecular weight is 340 g/mol. The highest BCUT2D eigenvalue weighted by atomic mass is 32.2. The third-order valence-corrected chi connectivity index (χ3v) is 6.71. The fraction of sp³-hybridized carbons (Fsp3) is 0.286. The van der Waals surface area contributed by atoms with Crippen LogP contribution < -0.4 is 10.5 Å². The molecule has 112 valence electrons. The van der Waals surface area contributed by atoms with Gasteiger partial charge in [-0.2, -0.15) is 0 Å². The number of benzene rings is 1. The van der Waals surface area contributed by atoms with E-state index in [9.17, 15) is 8.42 Å². The van der Waals surface area contributed by atoms with Crippen LogP contribution in [0.4, 0.5) is 5.69 Å². The average Bonchev–Trinajstić information content (AvgIpc) is 2.86. The molecule has 0 fully saturated rings. The Bertz CT molecular complexity index is 738. The molecule has 1 aliphatic heterocycles. The summed E-state index contributed by atoms with van der Waals surface area (Å²) in [6.45, 7) is 2.23. The van der Waals surface area contributed by atoms with Gasteiger partial charge in [0.15, 0.2) is 0 Å². The third kappa shape index (κ3) is 3.26. The van der Waals surface area contributed by atoms with Gasteiger partial charge in [-0.3, -0.25) is 0 Å². The lowest BCUT2D eigenvalue weighted by atomic mass is 10.0. The number of anilines is 1. The van der Waals surface area contributed by atoms with E-state index in [4.69, 9.17) is 5.14 Å². The predicted octanol–water partition coefficient (Wildman–Crippen LogP) is 3.43. The zero-order valence-electron chi connectivity index (χ0n) is 11.4. The Labute approximate surface area is 132 Å². The first-order chi connectivity index (χ1) is 9.93. The summed E-state index contributed by atoms with van der Waals surface area (Å²) in [5.74, 6) is 0. The predicted molar refractivity (Wildman–Crippen MR) is 88.4 cm³/mol. The zero-order valence-corrected chi connectivity index (χ0v) is 13.9. The van der Waals surface area contributed by atoms with Gasteiger partial charge < -0.3 is 5.32 Å². The van der Waals surface area contributed by atoms with Gasteiger partial charge in [0.2, 0.25) is 10.0 Å². The van der Waals surface area contributed by atoms with Crippen molar-refractivity contribution in [3.8, 4) is 0 Å². The Kier molecular flexibility index (Phi) is 4.00.